The average Bonchev–Trinajstić information content (AvgIpc) is 3.23. The first-order valence-corrected chi connectivity index (χ1v) is 9.48. The summed E-state index contributed by atoms with van der Waals surface area (Å²) in [6.45, 7) is 7.12. The number of benzene rings is 2. The second kappa shape index (κ2) is 7.52. The van der Waals surface area contributed by atoms with Crippen molar-refractivity contribution in [3.05, 3.63) is 65.0 Å². The minimum atomic E-state index is 0.250. The van der Waals surface area contributed by atoms with Crippen molar-refractivity contribution in [2.24, 2.45) is 0 Å². The van der Waals surface area contributed by atoms with Crippen LogP contribution in [0.3, 0.4) is 0 Å². The lowest BCUT2D eigenvalue weighted by molar-refractivity contribution is 0.174. The third kappa shape index (κ3) is 3.66. The Balaban J connectivity index is 1.48. The molecular weight excluding hydrogens is 372 g/mol. The molecule has 4 rings (SSSR count). The zero-order chi connectivity index (χ0) is 19.7. The van der Waals surface area contributed by atoms with E-state index in [1.54, 1.807) is 0 Å². The molecule has 7 heteroatoms. The number of fused-ring (bicyclic) bond motifs is 1. The maximum atomic E-state index is 5.49. The van der Waals surface area contributed by atoms with Gasteiger partial charge < -0.3 is 20.1 Å². The molecule has 0 unspecified atom stereocenters. The van der Waals surface area contributed by atoms with Crippen LogP contribution in [0, 0.1) is 20.8 Å². The van der Waals surface area contributed by atoms with Crippen LogP contribution in [0.15, 0.2) is 42.5 Å². The Labute approximate surface area is 169 Å². The summed E-state index contributed by atoms with van der Waals surface area (Å²) in [5.74, 6) is 1.46. The van der Waals surface area contributed by atoms with Crippen molar-refractivity contribution in [1.29, 1.82) is 0 Å². The molecule has 2 aromatic carbocycles. The Hall–Kier alpha value is -3.06. The monoisotopic (exact) mass is 394 g/mol. The number of nitrogens with zero attached hydrogens (tertiary/aromatic N) is 2. The van der Waals surface area contributed by atoms with Crippen LogP contribution in [-0.2, 0) is 6.54 Å². The summed E-state index contributed by atoms with van der Waals surface area (Å²) in [5.41, 5.74) is 6.21. The van der Waals surface area contributed by atoms with Gasteiger partial charge in [0, 0.05) is 11.8 Å². The maximum Gasteiger partial charge on any atom is 0.231 e. The molecule has 0 amide bonds. The van der Waals surface area contributed by atoms with Gasteiger partial charge in [0.25, 0.3) is 0 Å². The van der Waals surface area contributed by atoms with Crippen molar-refractivity contribution in [2.45, 2.75) is 27.3 Å². The van der Waals surface area contributed by atoms with E-state index in [0.29, 0.717) is 10.9 Å². The van der Waals surface area contributed by atoms with Crippen LogP contribution < -0.4 is 20.1 Å². The molecule has 2 N–H and O–H groups in total. The van der Waals surface area contributed by atoms with Gasteiger partial charge in [0.2, 0.25) is 6.79 Å². The van der Waals surface area contributed by atoms with Gasteiger partial charge in [-0.05, 0) is 56.2 Å². The van der Waals surface area contributed by atoms with Crippen LogP contribution in [0.25, 0.3) is 0 Å². The molecule has 0 radical (unpaired) electrons. The largest absolute Gasteiger partial charge is 0.454 e. The smallest absolute Gasteiger partial charge is 0.231 e. The molecule has 0 bridgehead atoms. The molecule has 0 saturated heterocycles. The van der Waals surface area contributed by atoms with Crippen molar-refractivity contribution in [1.82, 2.24) is 9.78 Å². The fourth-order valence-electron chi connectivity index (χ4n) is 3.23. The van der Waals surface area contributed by atoms with Crippen LogP contribution in [0.4, 0.5) is 11.4 Å². The lowest BCUT2D eigenvalue weighted by atomic mass is 10.1. The highest BCUT2D eigenvalue weighted by atomic mass is 32.1. The van der Waals surface area contributed by atoms with Crippen molar-refractivity contribution in [3.8, 4) is 11.5 Å². The zero-order valence-corrected chi connectivity index (χ0v) is 16.9. The molecule has 0 atom stereocenters. The van der Waals surface area contributed by atoms with E-state index in [1.807, 2.05) is 42.8 Å². The van der Waals surface area contributed by atoms with Crippen LogP contribution >= 0.6 is 12.2 Å². The standard InChI is InChI=1S/C21H22N4O2S/c1-13-6-4-5-7-16(13)11-25-15(3)20(14(2)24-25)23-21(28)22-17-8-9-18-19(10-17)27-12-26-18/h4-10H,11-12H2,1-3H3,(H2,22,23,28). The van der Waals surface area contributed by atoms with E-state index in [9.17, 15) is 0 Å². The summed E-state index contributed by atoms with van der Waals surface area (Å²) >= 11 is 5.49. The van der Waals surface area contributed by atoms with Crippen molar-refractivity contribution in [2.75, 3.05) is 17.4 Å². The van der Waals surface area contributed by atoms with Crippen LogP contribution in [0.1, 0.15) is 22.5 Å². The molecule has 6 nitrogen and oxygen atoms in total. The van der Waals surface area contributed by atoms with Crippen molar-refractivity contribution >= 4 is 28.7 Å². The van der Waals surface area contributed by atoms with Gasteiger partial charge in [-0.2, -0.15) is 5.10 Å². The molecule has 0 aliphatic carbocycles. The number of hydrogen-bond donors (Lipinski definition) is 2. The third-order valence-electron chi connectivity index (χ3n) is 4.83. The fraction of sp³-hybridized carbons (Fsp3) is 0.238. The van der Waals surface area contributed by atoms with E-state index in [2.05, 4.69) is 40.9 Å². The Morgan fingerprint density at radius 1 is 1.07 bits per heavy atom. The number of rotatable bonds is 4. The molecule has 0 spiro atoms. The van der Waals surface area contributed by atoms with Crippen LogP contribution in [-0.4, -0.2) is 21.7 Å². The lowest BCUT2D eigenvalue weighted by Crippen LogP contribution is -2.20. The van der Waals surface area contributed by atoms with Gasteiger partial charge in [-0.1, -0.05) is 24.3 Å². The van der Waals surface area contributed by atoms with E-state index < -0.39 is 0 Å². The predicted octanol–water partition coefficient (Wildman–Crippen LogP) is 4.39. The molecule has 28 heavy (non-hydrogen) atoms. The number of aryl methyl sites for hydroxylation is 2. The van der Waals surface area contributed by atoms with Crippen molar-refractivity contribution < 1.29 is 9.47 Å². The SMILES string of the molecule is Cc1ccccc1Cn1nc(C)c(NC(=S)Nc2ccc3c(c2)OCO3)c1C. The molecular formula is C21H22N4O2S. The van der Waals surface area contributed by atoms with Gasteiger partial charge in [-0.25, -0.2) is 0 Å². The number of thiocarbonyl (C=S) groups is 1. The first-order valence-electron chi connectivity index (χ1n) is 9.07. The van der Waals surface area contributed by atoms with E-state index in [-0.39, 0.29) is 6.79 Å². The van der Waals surface area contributed by atoms with Gasteiger partial charge in [0.05, 0.1) is 23.6 Å². The highest BCUT2D eigenvalue weighted by Gasteiger charge is 2.16. The second-order valence-corrected chi connectivity index (χ2v) is 7.19. The Bertz CT molecular complexity index is 1040. The average molecular weight is 395 g/mol. The van der Waals surface area contributed by atoms with E-state index >= 15 is 0 Å². The minimum Gasteiger partial charge on any atom is -0.454 e. The Morgan fingerprint density at radius 2 is 1.86 bits per heavy atom. The molecule has 144 valence electrons. The van der Waals surface area contributed by atoms with Crippen molar-refractivity contribution in [3.63, 3.8) is 0 Å². The van der Waals surface area contributed by atoms with E-state index in [0.717, 1.165) is 35.1 Å². The van der Waals surface area contributed by atoms with Gasteiger partial charge in [-0.3, -0.25) is 4.68 Å². The van der Waals surface area contributed by atoms with E-state index in [4.69, 9.17) is 21.7 Å². The number of anilines is 2. The maximum absolute atomic E-state index is 5.49. The molecule has 0 saturated carbocycles. The van der Waals surface area contributed by atoms with Crippen LogP contribution in [0.2, 0.25) is 0 Å². The normalized spacial score (nSPS) is 12.1. The molecule has 3 aromatic rings. The first kappa shape index (κ1) is 18.3. The summed E-state index contributed by atoms with van der Waals surface area (Å²) in [6.07, 6.45) is 0. The second-order valence-electron chi connectivity index (χ2n) is 6.78. The van der Waals surface area contributed by atoms with Crippen LogP contribution in [0.5, 0.6) is 11.5 Å². The highest BCUT2D eigenvalue weighted by Crippen LogP contribution is 2.34. The highest BCUT2D eigenvalue weighted by molar-refractivity contribution is 7.80. The summed E-state index contributed by atoms with van der Waals surface area (Å²) in [7, 11) is 0. The van der Waals surface area contributed by atoms with Gasteiger partial charge >= 0.3 is 0 Å². The first-order chi connectivity index (χ1) is 13.5. The minimum absolute atomic E-state index is 0.250. The van der Waals surface area contributed by atoms with Gasteiger partial charge in [0.15, 0.2) is 16.6 Å². The summed E-state index contributed by atoms with van der Waals surface area (Å²) in [5, 5.41) is 11.7. The number of hydrogen-bond acceptors (Lipinski definition) is 4. The molecule has 2 heterocycles. The van der Waals surface area contributed by atoms with E-state index in [1.165, 1.54) is 11.1 Å². The Kier molecular flexibility index (Phi) is 4.92. The summed E-state index contributed by atoms with van der Waals surface area (Å²) in [4.78, 5) is 0. The number of aromatic nitrogens is 2. The summed E-state index contributed by atoms with van der Waals surface area (Å²) in [6, 6.07) is 14.0. The molecule has 1 aromatic heterocycles. The molecule has 1 aliphatic rings. The topological polar surface area (TPSA) is 60.3 Å². The molecule has 1 aliphatic heterocycles. The zero-order valence-electron chi connectivity index (χ0n) is 16.1. The lowest BCUT2D eigenvalue weighted by Gasteiger charge is -2.12. The fourth-order valence-corrected chi connectivity index (χ4v) is 3.45. The Morgan fingerprint density at radius 3 is 2.68 bits per heavy atom. The third-order valence-corrected chi connectivity index (χ3v) is 5.04. The summed E-state index contributed by atoms with van der Waals surface area (Å²) < 4.78 is 12.7. The number of ether oxygens (including phenoxy) is 2. The molecule has 0 fully saturated rings. The quantitative estimate of drug-likeness (QED) is 0.640. The predicted molar refractivity (Wildman–Crippen MR) is 114 cm³/mol. The number of nitrogens with one attached hydrogen (secondary N) is 2. The van der Waals surface area contributed by atoms with Gasteiger partial charge in [0.1, 0.15) is 0 Å². The van der Waals surface area contributed by atoms with Gasteiger partial charge in [-0.15, -0.1) is 0 Å².